The highest BCUT2D eigenvalue weighted by molar-refractivity contribution is 7.22. The van der Waals surface area contributed by atoms with Crippen molar-refractivity contribution in [3.05, 3.63) is 83.4 Å². The van der Waals surface area contributed by atoms with E-state index in [4.69, 9.17) is 10.5 Å². The van der Waals surface area contributed by atoms with Crippen molar-refractivity contribution < 1.29 is 19.7 Å². The number of ether oxygens (including phenoxy) is 1. The fourth-order valence-electron chi connectivity index (χ4n) is 4.32. The average molecular weight is 462 g/mol. The zero-order chi connectivity index (χ0) is 22.9. The van der Waals surface area contributed by atoms with Crippen molar-refractivity contribution in [3.63, 3.8) is 0 Å². The van der Waals surface area contributed by atoms with E-state index >= 15 is 0 Å². The van der Waals surface area contributed by atoms with E-state index in [0.29, 0.717) is 16.2 Å². The maximum atomic E-state index is 12.3. The zero-order valence-electron chi connectivity index (χ0n) is 17.6. The van der Waals surface area contributed by atoms with Gasteiger partial charge in [0, 0.05) is 12.5 Å². The number of fused-ring (bicyclic) bond motifs is 4. The van der Waals surface area contributed by atoms with Crippen LogP contribution in [-0.2, 0) is 4.74 Å². The third kappa shape index (κ3) is 4.16. The van der Waals surface area contributed by atoms with Gasteiger partial charge in [-0.05, 0) is 39.9 Å². The van der Waals surface area contributed by atoms with Gasteiger partial charge in [0.05, 0.1) is 10.2 Å². The largest absolute Gasteiger partial charge is 0.449 e. The van der Waals surface area contributed by atoms with Crippen LogP contribution in [0.2, 0.25) is 0 Å². The summed E-state index contributed by atoms with van der Waals surface area (Å²) in [4.78, 5) is 16.5. The lowest BCUT2D eigenvalue weighted by atomic mass is 9.98. The van der Waals surface area contributed by atoms with Gasteiger partial charge in [-0.1, -0.05) is 65.9 Å². The van der Waals surface area contributed by atoms with Crippen molar-refractivity contribution in [2.75, 3.05) is 18.9 Å². The normalized spacial score (nSPS) is 14.5. The number of thiazole rings is 1. The van der Waals surface area contributed by atoms with Crippen LogP contribution >= 0.6 is 11.3 Å². The van der Waals surface area contributed by atoms with E-state index in [2.05, 4.69) is 22.4 Å². The summed E-state index contributed by atoms with van der Waals surface area (Å²) in [6.45, 7) is 0.0233. The van der Waals surface area contributed by atoms with E-state index in [-0.39, 0.29) is 19.1 Å². The molecule has 1 aromatic heterocycles. The smallest absolute Gasteiger partial charge is 0.407 e. The number of carbonyl (C=O) groups excluding carboxylic acids is 1. The summed E-state index contributed by atoms with van der Waals surface area (Å²) >= 11 is 1.35. The number of aromatic nitrogens is 1. The molecule has 33 heavy (non-hydrogen) atoms. The van der Waals surface area contributed by atoms with Crippen LogP contribution in [-0.4, -0.2) is 40.5 Å². The Morgan fingerprint density at radius 3 is 2.42 bits per heavy atom. The van der Waals surface area contributed by atoms with Crippen LogP contribution in [0.5, 0.6) is 0 Å². The summed E-state index contributed by atoms with van der Waals surface area (Å²) in [5, 5.41) is 23.8. The number of nitrogens with two attached hydrogens (primary N) is 1. The second-order valence-corrected chi connectivity index (χ2v) is 9.06. The second-order valence-electron chi connectivity index (χ2n) is 8.00. The Morgan fingerprint density at radius 1 is 1.06 bits per heavy atom. The number of nitrogen functional groups attached to an aromatic ring is 1. The van der Waals surface area contributed by atoms with E-state index in [9.17, 15) is 15.0 Å². The van der Waals surface area contributed by atoms with Gasteiger partial charge in [0.25, 0.3) is 0 Å². The quantitative estimate of drug-likeness (QED) is 0.347. The third-order valence-electron chi connectivity index (χ3n) is 5.93. The number of nitrogens with one attached hydrogen (secondary N) is 1. The predicted molar refractivity (Wildman–Crippen MR) is 128 cm³/mol. The number of carbonyl (C=O) groups is 1. The Labute approximate surface area is 194 Å². The fraction of sp³-hybridized carbons (Fsp3) is 0.200. The molecule has 0 fully saturated rings. The van der Waals surface area contributed by atoms with Crippen molar-refractivity contribution in [2.24, 2.45) is 0 Å². The molecule has 3 aromatic carbocycles. The summed E-state index contributed by atoms with van der Waals surface area (Å²) in [6.07, 6.45) is -3.05. The van der Waals surface area contributed by atoms with Gasteiger partial charge in [0.1, 0.15) is 18.8 Å². The first-order valence-electron chi connectivity index (χ1n) is 10.6. The Kier molecular flexibility index (Phi) is 5.72. The summed E-state index contributed by atoms with van der Waals surface area (Å²) in [5.41, 5.74) is 11.4. The molecule has 1 amide bonds. The number of aliphatic hydroxyl groups excluding tert-OH is 2. The first-order chi connectivity index (χ1) is 16.0. The summed E-state index contributed by atoms with van der Waals surface area (Å²) in [7, 11) is 0. The first kappa shape index (κ1) is 21.4. The van der Waals surface area contributed by atoms with Gasteiger partial charge in [0.15, 0.2) is 5.13 Å². The molecule has 1 aliphatic carbocycles. The minimum Gasteiger partial charge on any atom is -0.449 e. The number of hydrogen-bond acceptors (Lipinski definition) is 7. The molecule has 7 nitrogen and oxygen atoms in total. The van der Waals surface area contributed by atoms with Crippen LogP contribution in [0, 0.1) is 0 Å². The minimum absolute atomic E-state index is 0.0454. The highest BCUT2D eigenvalue weighted by Crippen LogP contribution is 2.44. The first-order valence-corrected chi connectivity index (χ1v) is 11.4. The van der Waals surface area contributed by atoms with Gasteiger partial charge in [-0.15, -0.1) is 0 Å². The van der Waals surface area contributed by atoms with Crippen molar-refractivity contribution in [1.82, 2.24) is 10.3 Å². The van der Waals surface area contributed by atoms with Gasteiger partial charge in [-0.2, -0.15) is 0 Å². The molecule has 5 N–H and O–H groups in total. The monoisotopic (exact) mass is 461 g/mol. The van der Waals surface area contributed by atoms with E-state index in [1.807, 2.05) is 36.4 Å². The van der Waals surface area contributed by atoms with E-state index in [1.54, 1.807) is 18.2 Å². The Balaban J connectivity index is 1.18. The zero-order valence-corrected chi connectivity index (χ0v) is 18.5. The number of aliphatic hydroxyl groups is 2. The van der Waals surface area contributed by atoms with Crippen LogP contribution in [0.3, 0.4) is 0 Å². The van der Waals surface area contributed by atoms with Gasteiger partial charge in [-0.3, -0.25) is 0 Å². The highest BCUT2D eigenvalue weighted by Gasteiger charge is 2.29. The van der Waals surface area contributed by atoms with Gasteiger partial charge >= 0.3 is 6.09 Å². The highest BCUT2D eigenvalue weighted by atomic mass is 32.1. The van der Waals surface area contributed by atoms with Crippen molar-refractivity contribution in [3.8, 4) is 11.1 Å². The molecule has 0 saturated heterocycles. The molecule has 2 atom stereocenters. The number of nitrogens with zero attached hydrogens (tertiary/aromatic N) is 1. The van der Waals surface area contributed by atoms with Crippen LogP contribution in [0.25, 0.3) is 21.3 Å². The topological polar surface area (TPSA) is 118 Å². The number of amides is 1. The standard InChI is InChI=1S/C25H23N3O4S/c26-24-28-20-11-14(9-10-22(20)33-24)23(30)21(29)12-27-25(31)32-13-19-17-7-3-1-5-15(17)16-6-2-4-8-18(16)19/h1-11,19,21,23,29-30H,12-13H2,(H2,26,28)(H,27,31). The maximum absolute atomic E-state index is 12.3. The second kappa shape index (κ2) is 8.82. The van der Waals surface area contributed by atoms with Gasteiger partial charge < -0.3 is 26.0 Å². The number of alkyl carbamates (subject to hydrolysis) is 1. The molecule has 4 aromatic rings. The van der Waals surface area contributed by atoms with Crippen molar-refractivity contribution in [1.29, 1.82) is 0 Å². The maximum Gasteiger partial charge on any atom is 0.407 e. The van der Waals surface area contributed by atoms with E-state index in [1.165, 1.54) is 11.3 Å². The summed E-state index contributed by atoms with van der Waals surface area (Å²) < 4.78 is 6.37. The van der Waals surface area contributed by atoms with Crippen LogP contribution in [0.4, 0.5) is 9.93 Å². The number of anilines is 1. The molecular weight excluding hydrogens is 438 g/mol. The molecule has 168 valence electrons. The van der Waals surface area contributed by atoms with Gasteiger partial charge in [0.2, 0.25) is 0 Å². The molecule has 2 unspecified atom stereocenters. The minimum atomic E-state index is -1.21. The molecule has 0 bridgehead atoms. The SMILES string of the molecule is Nc1nc2cc(C(O)C(O)CNC(=O)OCC3c4ccccc4-c4ccccc43)ccc2s1. The number of hydrogen-bond donors (Lipinski definition) is 4. The Morgan fingerprint density at radius 2 is 1.73 bits per heavy atom. The summed E-state index contributed by atoms with van der Waals surface area (Å²) in [5.74, 6) is -0.0454. The number of benzene rings is 3. The molecule has 1 heterocycles. The predicted octanol–water partition coefficient (Wildman–Crippen LogP) is 3.81. The lowest BCUT2D eigenvalue weighted by Gasteiger charge is -2.19. The molecule has 8 heteroatoms. The molecule has 0 spiro atoms. The van der Waals surface area contributed by atoms with Crippen LogP contribution < -0.4 is 11.1 Å². The number of rotatable bonds is 6. The summed E-state index contributed by atoms with van der Waals surface area (Å²) in [6, 6.07) is 21.4. The Bertz CT molecular complexity index is 1280. The van der Waals surface area contributed by atoms with Gasteiger partial charge in [-0.25, -0.2) is 9.78 Å². The van der Waals surface area contributed by atoms with E-state index in [0.717, 1.165) is 27.0 Å². The third-order valence-corrected chi connectivity index (χ3v) is 6.80. The molecule has 1 aliphatic rings. The fourth-order valence-corrected chi connectivity index (χ4v) is 5.03. The molecule has 0 radical (unpaired) electrons. The molecule has 5 rings (SSSR count). The van der Waals surface area contributed by atoms with Crippen LogP contribution in [0.15, 0.2) is 66.7 Å². The van der Waals surface area contributed by atoms with E-state index < -0.39 is 18.3 Å². The average Bonchev–Trinajstić information content (AvgIpc) is 3.37. The lowest BCUT2D eigenvalue weighted by molar-refractivity contribution is 0.0186. The molecular formula is C25H23N3O4S. The van der Waals surface area contributed by atoms with Crippen molar-refractivity contribution >= 4 is 32.8 Å². The van der Waals surface area contributed by atoms with Crippen molar-refractivity contribution in [2.45, 2.75) is 18.1 Å². The molecule has 0 aliphatic heterocycles. The Hall–Kier alpha value is -3.46. The van der Waals surface area contributed by atoms with Crippen LogP contribution in [0.1, 0.15) is 28.7 Å². The lowest BCUT2D eigenvalue weighted by Crippen LogP contribution is -2.36. The molecule has 0 saturated carbocycles.